The van der Waals surface area contributed by atoms with E-state index < -0.39 is 6.10 Å². The lowest BCUT2D eigenvalue weighted by Gasteiger charge is -2.16. The van der Waals surface area contributed by atoms with Gasteiger partial charge in [0.15, 0.2) is 11.9 Å². The number of carbonyl (C=O) groups excluding carboxylic acids is 2. The van der Waals surface area contributed by atoms with Crippen LogP contribution in [0.5, 0.6) is 5.75 Å². The molecule has 1 atom stereocenters. The summed E-state index contributed by atoms with van der Waals surface area (Å²) in [6.45, 7) is 3.12. The van der Waals surface area contributed by atoms with Crippen LogP contribution in [0.3, 0.4) is 0 Å². The number of carbonyl (C=O) groups is 2. The Labute approximate surface area is 169 Å². The van der Waals surface area contributed by atoms with Crippen LogP contribution in [0, 0.1) is 0 Å². The fraction of sp³-hybridized carbons (Fsp3) is 0.130. The zero-order chi connectivity index (χ0) is 20.1. The summed E-state index contributed by atoms with van der Waals surface area (Å²) in [5.41, 5.74) is 3.09. The first-order chi connectivity index (χ1) is 13.4. The Morgan fingerprint density at radius 3 is 2.36 bits per heavy atom. The van der Waals surface area contributed by atoms with E-state index in [1.165, 1.54) is 6.92 Å². The van der Waals surface area contributed by atoms with Crippen LogP contribution in [0.1, 0.15) is 24.2 Å². The fourth-order valence-electron chi connectivity index (χ4n) is 2.71. The highest BCUT2D eigenvalue weighted by atomic mass is 35.5. The summed E-state index contributed by atoms with van der Waals surface area (Å²) in [7, 11) is 0. The molecule has 0 unspecified atom stereocenters. The summed E-state index contributed by atoms with van der Waals surface area (Å²) in [4.78, 5) is 23.9. The molecular formula is C23H20ClNO3. The van der Waals surface area contributed by atoms with Gasteiger partial charge >= 0.3 is 0 Å². The molecule has 1 N–H and O–H groups in total. The highest BCUT2D eigenvalue weighted by molar-refractivity contribution is 6.32. The Morgan fingerprint density at radius 1 is 0.929 bits per heavy atom. The van der Waals surface area contributed by atoms with Crippen LogP contribution in [0.25, 0.3) is 11.1 Å². The van der Waals surface area contributed by atoms with Gasteiger partial charge in [0.25, 0.3) is 5.91 Å². The number of ketones is 1. The number of benzene rings is 3. The number of amides is 1. The number of hydrogen-bond acceptors (Lipinski definition) is 3. The Hall–Kier alpha value is -3.11. The van der Waals surface area contributed by atoms with Crippen molar-refractivity contribution in [3.8, 4) is 16.9 Å². The van der Waals surface area contributed by atoms with Crippen molar-refractivity contribution in [1.82, 2.24) is 0 Å². The molecular weight excluding hydrogens is 374 g/mol. The highest BCUT2D eigenvalue weighted by Crippen LogP contribution is 2.31. The van der Waals surface area contributed by atoms with Crippen LogP contribution >= 0.6 is 11.6 Å². The molecule has 0 spiro atoms. The number of hydrogen-bond donors (Lipinski definition) is 1. The number of Topliss-reactive ketones (excluding diaryl/α,β-unsaturated/α-hetero) is 1. The molecule has 3 aromatic rings. The molecule has 0 aliphatic rings. The van der Waals surface area contributed by atoms with Crippen LogP contribution in [-0.4, -0.2) is 17.8 Å². The molecule has 0 saturated carbocycles. The average molecular weight is 394 g/mol. The van der Waals surface area contributed by atoms with Crippen molar-refractivity contribution < 1.29 is 14.3 Å². The molecule has 0 saturated heterocycles. The molecule has 0 radical (unpaired) electrons. The van der Waals surface area contributed by atoms with Crippen molar-refractivity contribution in [2.24, 2.45) is 0 Å². The molecule has 0 heterocycles. The summed E-state index contributed by atoms with van der Waals surface area (Å²) in [5.74, 6) is 0.0380. The van der Waals surface area contributed by atoms with E-state index >= 15 is 0 Å². The molecule has 3 rings (SSSR count). The molecule has 142 valence electrons. The van der Waals surface area contributed by atoms with E-state index in [-0.39, 0.29) is 11.7 Å². The maximum atomic E-state index is 12.4. The number of halogens is 1. The Bertz CT molecular complexity index is 1000. The second-order valence-corrected chi connectivity index (χ2v) is 6.80. The van der Waals surface area contributed by atoms with E-state index in [1.807, 2.05) is 42.5 Å². The van der Waals surface area contributed by atoms with Crippen molar-refractivity contribution in [3.63, 3.8) is 0 Å². The molecule has 0 fully saturated rings. The van der Waals surface area contributed by atoms with E-state index in [1.54, 1.807) is 37.3 Å². The van der Waals surface area contributed by atoms with Crippen LogP contribution in [0.4, 0.5) is 5.69 Å². The summed E-state index contributed by atoms with van der Waals surface area (Å²) in [6, 6.07) is 22.1. The summed E-state index contributed by atoms with van der Waals surface area (Å²) in [5, 5.41) is 3.18. The standard InChI is InChI=1S/C23H20ClNO3/c1-15(26)18-9-6-10-20(13-18)25-23(27)16(2)28-22-12-11-19(14-21(22)24)17-7-4-3-5-8-17/h3-14,16H,1-2H3,(H,25,27)/t16-/m0/s1. The van der Waals surface area contributed by atoms with E-state index in [0.717, 1.165) is 11.1 Å². The van der Waals surface area contributed by atoms with Crippen LogP contribution in [-0.2, 0) is 4.79 Å². The summed E-state index contributed by atoms with van der Waals surface area (Å²) in [6.07, 6.45) is -0.763. The topological polar surface area (TPSA) is 55.4 Å². The lowest BCUT2D eigenvalue weighted by atomic mass is 10.1. The number of rotatable bonds is 6. The van der Waals surface area contributed by atoms with Gasteiger partial charge in [0.1, 0.15) is 5.75 Å². The molecule has 0 aliphatic carbocycles. The average Bonchev–Trinajstić information content (AvgIpc) is 2.70. The fourth-order valence-corrected chi connectivity index (χ4v) is 2.94. The zero-order valence-electron chi connectivity index (χ0n) is 15.6. The number of nitrogens with one attached hydrogen (secondary N) is 1. The molecule has 28 heavy (non-hydrogen) atoms. The Morgan fingerprint density at radius 2 is 1.68 bits per heavy atom. The van der Waals surface area contributed by atoms with E-state index in [9.17, 15) is 9.59 Å². The normalized spacial score (nSPS) is 11.5. The number of ether oxygens (including phenoxy) is 1. The van der Waals surface area contributed by atoms with Crippen molar-refractivity contribution in [2.45, 2.75) is 20.0 Å². The lowest BCUT2D eigenvalue weighted by Crippen LogP contribution is -2.30. The lowest BCUT2D eigenvalue weighted by molar-refractivity contribution is -0.122. The van der Waals surface area contributed by atoms with Gasteiger partial charge in [-0.3, -0.25) is 9.59 Å². The Kier molecular flexibility index (Phi) is 6.12. The first kappa shape index (κ1) is 19.6. The molecule has 0 bridgehead atoms. The second-order valence-electron chi connectivity index (χ2n) is 6.40. The first-order valence-corrected chi connectivity index (χ1v) is 9.25. The minimum Gasteiger partial charge on any atom is -0.479 e. The van der Waals surface area contributed by atoms with Gasteiger partial charge < -0.3 is 10.1 Å². The molecule has 1 amide bonds. The van der Waals surface area contributed by atoms with Crippen molar-refractivity contribution in [2.75, 3.05) is 5.32 Å². The third kappa shape index (κ3) is 4.78. The minimum atomic E-state index is -0.763. The predicted molar refractivity (Wildman–Crippen MR) is 112 cm³/mol. The maximum Gasteiger partial charge on any atom is 0.265 e. The van der Waals surface area contributed by atoms with Crippen LogP contribution in [0.15, 0.2) is 72.8 Å². The third-order valence-electron chi connectivity index (χ3n) is 4.25. The smallest absolute Gasteiger partial charge is 0.265 e. The molecule has 4 nitrogen and oxygen atoms in total. The number of anilines is 1. The second kappa shape index (κ2) is 8.72. The third-order valence-corrected chi connectivity index (χ3v) is 4.54. The highest BCUT2D eigenvalue weighted by Gasteiger charge is 2.17. The monoisotopic (exact) mass is 393 g/mol. The van der Waals surface area contributed by atoms with E-state index in [2.05, 4.69) is 5.32 Å². The largest absolute Gasteiger partial charge is 0.479 e. The van der Waals surface area contributed by atoms with Gasteiger partial charge in [-0.25, -0.2) is 0 Å². The SMILES string of the molecule is CC(=O)c1cccc(NC(=O)[C@H](C)Oc2ccc(-c3ccccc3)cc2Cl)c1. The molecule has 5 heteroatoms. The maximum absolute atomic E-state index is 12.4. The van der Waals surface area contributed by atoms with Crippen molar-refractivity contribution >= 4 is 29.0 Å². The Balaban J connectivity index is 1.68. The van der Waals surface area contributed by atoms with E-state index in [4.69, 9.17) is 16.3 Å². The summed E-state index contributed by atoms with van der Waals surface area (Å²) >= 11 is 6.35. The zero-order valence-corrected chi connectivity index (χ0v) is 16.4. The minimum absolute atomic E-state index is 0.0642. The predicted octanol–water partition coefficient (Wildman–Crippen LogP) is 5.62. The quantitative estimate of drug-likeness (QED) is 0.553. The van der Waals surface area contributed by atoms with Crippen LogP contribution in [0.2, 0.25) is 5.02 Å². The summed E-state index contributed by atoms with van der Waals surface area (Å²) < 4.78 is 5.74. The van der Waals surface area contributed by atoms with Crippen LogP contribution < -0.4 is 10.1 Å². The van der Waals surface area contributed by atoms with E-state index in [0.29, 0.717) is 22.0 Å². The van der Waals surface area contributed by atoms with Gasteiger partial charge in [-0.15, -0.1) is 0 Å². The van der Waals surface area contributed by atoms with Crippen molar-refractivity contribution in [1.29, 1.82) is 0 Å². The molecule has 0 aliphatic heterocycles. The van der Waals surface area contributed by atoms with Gasteiger partial charge in [-0.05, 0) is 49.2 Å². The first-order valence-electron chi connectivity index (χ1n) is 8.87. The van der Waals surface area contributed by atoms with Gasteiger partial charge in [0.2, 0.25) is 0 Å². The van der Waals surface area contributed by atoms with Gasteiger partial charge in [0.05, 0.1) is 5.02 Å². The molecule has 3 aromatic carbocycles. The van der Waals surface area contributed by atoms with Crippen molar-refractivity contribution in [3.05, 3.63) is 83.4 Å². The van der Waals surface area contributed by atoms with Gasteiger partial charge in [0, 0.05) is 11.3 Å². The van der Waals surface area contributed by atoms with Gasteiger partial charge in [-0.2, -0.15) is 0 Å². The molecule has 0 aromatic heterocycles. The van der Waals surface area contributed by atoms with Gasteiger partial charge in [-0.1, -0.05) is 60.1 Å².